The number of methoxy groups -OCH3 is 1. The smallest absolute Gasteiger partial charge is 0.255 e. The fraction of sp³-hybridized carbons (Fsp3) is 0.0667. The van der Waals surface area contributed by atoms with Gasteiger partial charge in [-0.3, -0.25) is 4.79 Å². The molecule has 1 N–H and O–H groups in total. The van der Waals surface area contributed by atoms with Crippen LogP contribution >= 0.6 is 11.6 Å². The Morgan fingerprint density at radius 2 is 2.14 bits per heavy atom. The summed E-state index contributed by atoms with van der Waals surface area (Å²) in [6.07, 6.45) is 1.34. The van der Waals surface area contributed by atoms with E-state index in [9.17, 15) is 4.79 Å². The molecular weight excluding hydrogens is 292 g/mol. The molecule has 106 valence electrons. The van der Waals surface area contributed by atoms with Crippen molar-refractivity contribution in [2.24, 2.45) is 0 Å². The van der Waals surface area contributed by atoms with Crippen LogP contribution in [0.15, 0.2) is 47.2 Å². The van der Waals surface area contributed by atoms with Crippen LogP contribution in [0.2, 0.25) is 5.02 Å². The number of amides is 1. The lowest BCUT2D eigenvalue weighted by Gasteiger charge is -2.08. The number of aromatic nitrogens is 1. The molecule has 1 heterocycles. The lowest BCUT2D eigenvalue weighted by molar-refractivity contribution is 0.102. The molecule has 0 aliphatic carbocycles. The van der Waals surface area contributed by atoms with Crippen LogP contribution in [0.25, 0.3) is 11.1 Å². The van der Waals surface area contributed by atoms with Crippen molar-refractivity contribution in [1.29, 1.82) is 0 Å². The Morgan fingerprint density at radius 3 is 2.90 bits per heavy atom. The van der Waals surface area contributed by atoms with Crippen molar-refractivity contribution in [3.63, 3.8) is 0 Å². The molecule has 6 heteroatoms. The first-order valence-electron chi connectivity index (χ1n) is 6.15. The fourth-order valence-corrected chi connectivity index (χ4v) is 2.20. The maximum Gasteiger partial charge on any atom is 0.255 e. The van der Waals surface area contributed by atoms with E-state index < -0.39 is 0 Å². The highest BCUT2D eigenvalue weighted by atomic mass is 35.5. The van der Waals surface area contributed by atoms with Crippen molar-refractivity contribution in [3.8, 4) is 5.75 Å². The summed E-state index contributed by atoms with van der Waals surface area (Å²) in [6.45, 7) is 0. The minimum Gasteiger partial charge on any atom is -0.495 e. The summed E-state index contributed by atoms with van der Waals surface area (Å²) in [5.74, 6) is 0.305. The van der Waals surface area contributed by atoms with Gasteiger partial charge in [-0.1, -0.05) is 11.6 Å². The number of hydrogen-bond acceptors (Lipinski definition) is 4. The predicted octanol–water partition coefficient (Wildman–Crippen LogP) is 3.74. The van der Waals surface area contributed by atoms with E-state index in [2.05, 4.69) is 10.3 Å². The predicted molar refractivity (Wildman–Crippen MR) is 80.0 cm³/mol. The van der Waals surface area contributed by atoms with E-state index in [0.29, 0.717) is 33.1 Å². The van der Waals surface area contributed by atoms with Gasteiger partial charge < -0.3 is 14.5 Å². The summed E-state index contributed by atoms with van der Waals surface area (Å²) in [6, 6.07) is 10.1. The van der Waals surface area contributed by atoms with Crippen LogP contribution in [0.1, 0.15) is 10.4 Å². The van der Waals surface area contributed by atoms with Crippen LogP contribution < -0.4 is 10.1 Å². The zero-order valence-electron chi connectivity index (χ0n) is 11.1. The van der Waals surface area contributed by atoms with E-state index in [0.717, 1.165) is 0 Å². The average Bonchev–Trinajstić information content (AvgIpc) is 2.94. The van der Waals surface area contributed by atoms with Crippen molar-refractivity contribution in [2.75, 3.05) is 12.4 Å². The van der Waals surface area contributed by atoms with Crippen molar-refractivity contribution in [3.05, 3.63) is 53.4 Å². The van der Waals surface area contributed by atoms with E-state index in [4.69, 9.17) is 20.8 Å². The van der Waals surface area contributed by atoms with E-state index in [1.54, 1.807) is 36.4 Å². The molecule has 0 aliphatic heterocycles. The molecule has 5 nitrogen and oxygen atoms in total. The SMILES string of the molecule is COc1ccc(NC(=O)c2ccc3ocnc3c2)cc1Cl. The average molecular weight is 303 g/mol. The maximum absolute atomic E-state index is 12.2. The first kappa shape index (κ1) is 13.5. The summed E-state index contributed by atoms with van der Waals surface area (Å²) in [4.78, 5) is 16.2. The highest BCUT2D eigenvalue weighted by molar-refractivity contribution is 6.32. The van der Waals surface area contributed by atoms with Gasteiger partial charge in [-0.2, -0.15) is 0 Å². The molecule has 1 aromatic heterocycles. The Hall–Kier alpha value is -2.53. The Bertz CT molecular complexity index is 814. The molecule has 0 saturated heterocycles. The topological polar surface area (TPSA) is 64.4 Å². The minimum atomic E-state index is -0.249. The Morgan fingerprint density at radius 1 is 1.29 bits per heavy atom. The molecule has 21 heavy (non-hydrogen) atoms. The number of rotatable bonds is 3. The zero-order valence-corrected chi connectivity index (χ0v) is 11.8. The van der Waals surface area contributed by atoms with Crippen molar-refractivity contribution in [1.82, 2.24) is 4.98 Å². The van der Waals surface area contributed by atoms with Crippen molar-refractivity contribution >= 4 is 34.3 Å². The summed E-state index contributed by atoms with van der Waals surface area (Å²) in [5, 5.41) is 3.20. The third-order valence-electron chi connectivity index (χ3n) is 3.00. The molecule has 0 fully saturated rings. The summed E-state index contributed by atoms with van der Waals surface area (Å²) in [7, 11) is 1.53. The highest BCUT2D eigenvalue weighted by Crippen LogP contribution is 2.27. The van der Waals surface area contributed by atoms with Crippen LogP contribution in [-0.4, -0.2) is 18.0 Å². The Labute approximate surface area is 125 Å². The number of hydrogen-bond donors (Lipinski definition) is 1. The number of fused-ring (bicyclic) bond motifs is 1. The Balaban J connectivity index is 1.83. The third kappa shape index (κ3) is 2.68. The van der Waals surface area contributed by atoms with Crippen molar-refractivity contribution < 1.29 is 13.9 Å². The molecule has 0 unspecified atom stereocenters. The van der Waals surface area contributed by atoms with E-state index in [1.807, 2.05) is 0 Å². The Kier molecular flexibility index (Phi) is 3.50. The number of nitrogens with one attached hydrogen (secondary N) is 1. The number of benzene rings is 2. The normalized spacial score (nSPS) is 10.6. The van der Waals surface area contributed by atoms with Gasteiger partial charge in [0.15, 0.2) is 12.0 Å². The summed E-state index contributed by atoms with van der Waals surface area (Å²) in [5.41, 5.74) is 2.35. The summed E-state index contributed by atoms with van der Waals surface area (Å²) >= 11 is 6.02. The largest absolute Gasteiger partial charge is 0.495 e. The minimum absolute atomic E-state index is 0.249. The second-order valence-electron chi connectivity index (χ2n) is 4.34. The van der Waals surface area contributed by atoms with Gasteiger partial charge in [-0.25, -0.2) is 4.98 Å². The van der Waals surface area contributed by atoms with E-state index in [-0.39, 0.29) is 5.91 Å². The lowest BCUT2D eigenvalue weighted by Crippen LogP contribution is -2.11. The van der Waals surface area contributed by atoms with Gasteiger partial charge in [0.25, 0.3) is 5.91 Å². The van der Waals surface area contributed by atoms with Crippen LogP contribution in [0.5, 0.6) is 5.75 Å². The maximum atomic E-state index is 12.2. The van der Waals surface area contributed by atoms with Gasteiger partial charge in [0.1, 0.15) is 11.3 Å². The molecule has 0 atom stereocenters. The number of carbonyl (C=O) groups is 1. The quantitative estimate of drug-likeness (QED) is 0.800. The van der Waals surface area contributed by atoms with Crippen molar-refractivity contribution in [2.45, 2.75) is 0 Å². The van der Waals surface area contributed by atoms with Gasteiger partial charge in [0.05, 0.1) is 12.1 Å². The lowest BCUT2D eigenvalue weighted by atomic mass is 10.2. The number of halogens is 1. The van der Waals surface area contributed by atoms with Gasteiger partial charge in [-0.15, -0.1) is 0 Å². The first-order valence-corrected chi connectivity index (χ1v) is 6.53. The molecule has 2 aromatic carbocycles. The van der Waals surface area contributed by atoms with E-state index in [1.165, 1.54) is 13.5 Å². The van der Waals surface area contributed by atoms with Crippen LogP contribution in [0.4, 0.5) is 5.69 Å². The fourth-order valence-electron chi connectivity index (χ4n) is 1.95. The molecular formula is C15H11ClN2O3. The van der Waals surface area contributed by atoms with Gasteiger partial charge in [0, 0.05) is 11.3 Å². The number of carbonyl (C=O) groups excluding carboxylic acids is 1. The van der Waals surface area contributed by atoms with Gasteiger partial charge in [0.2, 0.25) is 0 Å². The molecule has 0 radical (unpaired) electrons. The molecule has 0 aliphatic rings. The highest BCUT2D eigenvalue weighted by Gasteiger charge is 2.10. The number of nitrogens with zero attached hydrogens (tertiary/aromatic N) is 1. The number of oxazole rings is 1. The summed E-state index contributed by atoms with van der Waals surface area (Å²) < 4.78 is 10.2. The van der Waals surface area contributed by atoms with E-state index >= 15 is 0 Å². The molecule has 3 aromatic rings. The molecule has 1 amide bonds. The van der Waals surface area contributed by atoms with Crippen LogP contribution in [0, 0.1) is 0 Å². The zero-order chi connectivity index (χ0) is 14.8. The van der Waals surface area contributed by atoms with Gasteiger partial charge in [-0.05, 0) is 36.4 Å². The van der Waals surface area contributed by atoms with Gasteiger partial charge >= 0.3 is 0 Å². The van der Waals surface area contributed by atoms with Crippen LogP contribution in [0.3, 0.4) is 0 Å². The molecule has 0 saturated carbocycles. The second-order valence-corrected chi connectivity index (χ2v) is 4.75. The first-order chi connectivity index (χ1) is 10.2. The second kappa shape index (κ2) is 5.46. The number of anilines is 1. The monoisotopic (exact) mass is 302 g/mol. The molecule has 0 spiro atoms. The third-order valence-corrected chi connectivity index (χ3v) is 3.30. The standard InChI is InChI=1S/C15H11ClN2O3/c1-20-13-5-3-10(7-11(13)16)18-15(19)9-2-4-14-12(6-9)17-8-21-14/h2-8H,1H3,(H,18,19). The van der Waals surface area contributed by atoms with Crippen LogP contribution in [-0.2, 0) is 0 Å². The molecule has 3 rings (SSSR count). The molecule has 0 bridgehead atoms. The number of ether oxygens (including phenoxy) is 1.